The largest absolute Gasteiger partial charge is 0.336 e. The van der Waals surface area contributed by atoms with Gasteiger partial charge in [0.2, 0.25) is 0 Å². The SMILES string of the molecule is CC1CC(CN)CN1C(=O)c1ccc(Sc2nncn2C)c([N+](=O)[O-])c1. The van der Waals surface area contributed by atoms with E-state index in [1.165, 1.54) is 12.4 Å². The summed E-state index contributed by atoms with van der Waals surface area (Å²) in [6, 6.07) is 4.62. The Labute approximate surface area is 154 Å². The zero-order chi connectivity index (χ0) is 18.8. The van der Waals surface area contributed by atoms with Crippen molar-refractivity contribution < 1.29 is 9.72 Å². The van der Waals surface area contributed by atoms with Crippen LogP contribution in [0.4, 0.5) is 5.69 Å². The minimum absolute atomic E-state index is 0.0720. The number of aryl methyl sites for hydroxylation is 1. The molecule has 0 saturated carbocycles. The van der Waals surface area contributed by atoms with Crippen LogP contribution < -0.4 is 5.73 Å². The molecule has 10 heteroatoms. The highest BCUT2D eigenvalue weighted by Gasteiger charge is 2.33. The molecule has 2 atom stereocenters. The third-order valence-corrected chi connectivity index (χ3v) is 5.65. The number of nitro benzene ring substituents is 1. The van der Waals surface area contributed by atoms with Gasteiger partial charge in [-0.2, -0.15) is 0 Å². The van der Waals surface area contributed by atoms with Crippen molar-refractivity contribution in [2.24, 2.45) is 18.7 Å². The zero-order valence-electron chi connectivity index (χ0n) is 14.5. The molecule has 138 valence electrons. The van der Waals surface area contributed by atoms with E-state index >= 15 is 0 Å². The minimum Gasteiger partial charge on any atom is -0.336 e. The summed E-state index contributed by atoms with van der Waals surface area (Å²) in [6.07, 6.45) is 2.37. The summed E-state index contributed by atoms with van der Waals surface area (Å²) in [4.78, 5) is 26.0. The third kappa shape index (κ3) is 3.56. The Kier molecular flexibility index (Phi) is 5.23. The van der Waals surface area contributed by atoms with Crippen LogP contribution in [0.2, 0.25) is 0 Å². The molecule has 1 aromatic carbocycles. The van der Waals surface area contributed by atoms with E-state index in [9.17, 15) is 14.9 Å². The van der Waals surface area contributed by atoms with Crippen LogP contribution in [0, 0.1) is 16.0 Å². The van der Waals surface area contributed by atoms with Crippen LogP contribution >= 0.6 is 11.8 Å². The van der Waals surface area contributed by atoms with Gasteiger partial charge in [-0.3, -0.25) is 14.9 Å². The molecule has 2 N–H and O–H groups in total. The number of amides is 1. The summed E-state index contributed by atoms with van der Waals surface area (Å²) in [5.41, 5.74) is 5.90. The number of nitrogens with two attached hydrogens (primary N) is 1. The van der Waals surface area contributed by atoms with Crippen molar-refractivity contribution >= 4 is 23.4 Å². The highest BCUT2D eigenvalue weighted by molar-refractivity contribution is 7.99. The van der Waals surface area contributed by atoms with Gasteiger partial charge in [0.05, 0.1) is 9.82 Å². The van der Waals surface area contributed by atoms with E-state index in [-0.39, 0.29) is 23.6 Å². The van der Waals surface area contributed by atoms with Crippen LogP contribution in [0.5, 0.6) is 0 Å². The van der Waals surface area contributed by atoms with Gasteiger partial charge >= 0.3 is 0 Å². The van der Waals surface area contributed by atoms with Gasteiger partial charge in [0.15, 0.2) is 5.16 Å². The number of nitrogens with zero attached hydrogens (tertiary/aromatic N) is 5. The van der Waals surface area contributed by atoms with Gasteiger partial charge in [0.1, 0.15) is 6.33 Å². The van der Waals surface area contributed by atoms with Gasteiger partial charge in [0, 0.05) is 31.3 Å². The first-order valence-corrected chi connectivity index (χ1v) is 9.03. The summed E-state index contributed by atoms with van der Waals surface area (Å²) in [6.45, 7) is 3.08. The van der Waals surface area contributed by atoms with Crippen LogP contribution in [-0.4, -0.2) is 49.6 Å². The molecule has 0 spiro atoms. The lowest BCUT2D eigenvalue weighted by Gasteiger charge is -2.21. The maximum absolute atomic E-state index is 12.8. The standard InChI is InChI=1S/C16H20N6O3S/c1-10-5-11(7-17)8-21(10)15(23)12-3-4-14(13(6-12)22(24)25)26-16-19-18-9-20(16)2/h3-4,6,9-11H,5,7-8,17H2,1-2H3. The second-order valence-electron chi connectivity index (χ2n) is 6.41. The molecule has 0 bridgehead atoms. The molecule has 1 saturated heterocycles. The van der Waals surface area contributed by atoms with E-state index in [4.69, 9.17) is 5.73 Å². The average molecular weight is 376 g/mol. The van der Waals surface area contributed by atoms with Crippen LogP contribution in [0.3, 0.4) is 0 Å². The molecule has 9 nitrogen and oxygen atoms in total. The quantitative estimate of drug-likeness (QED) is 0.622. The smallest absolute Gasteiger partial charge is 0.284 e. The number of likely N-dealkylation sites (tertiary alicyclic amines) is 1. The van der Waals surface area contributed by atoms with E-state index in [1.807, 2.05) is 6.92 Å². The first kappa shape index (κ1) is 18.3. The lowest BCUT2D eigenvalue weighted by Crippen LogP contribution is -2.34. The molecule has 2 aromatic rings. The molecule has 1 amide bonds. The molecule has 3 rings (SSSR count). The lowest BCUT2D eigenvalue weighted by atomic mass is 10.1. The fraction of sp³-hybridized carbons (Fsp3) is 0.438. The highest BCUT2D eigenvalue weighted by atomic mass is 32.2. The van der Waals surface area contributed by atoms with Crippen LogP contribution in [-0.2, 0) is 7.05 Å². The second-order valence-corrected chi connectivity index (χ2v) is 7.42. The Bertz CT molecular complexity index is 839. The van der Waals surface area contributed by atoms with Gasteiger partial charge < -0.3 is 15.2 Å². The van der Waals surface area contributed by atoms with Gasteiger partial charge in [-0.15, -0.1) is 10.2 Å². The van der Waals surface area contributed by atoms with Crippen molar-refractivity contribution in [3.05, 3.63) is 40.2 Å². The summed E-state index contributed by atoms with van der Waals surface area (Å²) < 4.78 is 1.67. The van der Waals surface area contributed by atoms with Gasteiger partial charge in [-0.25, -0.2) is 0 Å². The number of rotatable bonds is 5. The van der Waals surface area contributed by atoms with Crippen molar-refractivity contribution in [1.29, 1.82) is 0 Å². The molecule has 2 heterocycles. The Hall–Kier alpha value is -2.46. The summed E-state index contributed by atoms with van der Waals surface area (Å²) >= 11 is 1.14. The molecule has 0 aliphatic carbocycles. The van der Waals surface area contributed by atoms with Crippen LogP contribution in [0.1, 0.15) is 23.7 Å². The maximum Gasteiger partial charge on any atom is 0.284 e. The van der Waals surface area contributed by atoms with Crippen molar-refractivity contribution in [1.82, 2.24) is 19.7 Å². The fourth-order valence-electron chi connectivity index (χ4n) is 3.10. The van der Waals surface area contributed by atoms with Gasteiger partial charge in [-0.1, -0.05) is 0 Å². The lowest BCUT2D eigenvalue weighted by molar-refractivity contribution is -0.387. The number of aromatic nitrogens is 3. The molecule has 26 heavy (non-hydrogen) atoms. The minimum atomic E-state index is -0.481. The van der Waals surface area contributed by atoms with Crippen LogP contribution in [0.15, 0.2) is 34.6 Å². The fourth-order valence-corrected chi connectivity index (χ4v) is 3.95. The topological polar surface area (TPSA) is 120 Å². The van der Waals surface area contributed by atoms with Crippen molar-refractivity contribution in [2.75, 3.05) is 13.1 Å². The first-order chi connectivity index (χ1) is 12.4. The molecular formula is C16H20N6O3S. The molecule has 1 fully saturated rings. The highest BCUT2D eigenvalue weighted by Crippen LogP contribution is 2.35. The monoisotopic (exact) mass is 376 g/mol. The molecule has 0 radical (unpaired) electrons. The first-order valence-electron chi connectivity index (χ1n) is 8.22. The van der Waals surface area contributed by atoms with E-state index in [0.29, 0.717) is 28.7 Å². The predicted molar refractivity (Wildman–Crippen MR) is 95.9 cm³/mol. The Balaban J connectivity index is 1.88. The maximum atomic E-state index is 12.8. The Morgan fingerprint density at radius 1 is 1.50 bits per heavy atom. The average Bonchev–Trinajstić information content (AvgIpc) is 3.20. The zero-order valence-corrected chi connectivity index (χ0v) is 15.3. The van der Waals surface area contributed by atoms with Crippen LogP contribution in [0.25, 0.3) is 0 Å². The predicted octanol–water partition coefficient (Wildman–Crippen LogP) is 1.68. The number of hydrogen-bond acceptors (Lipinski definition) is 7. The second kappa shape index (κ2) is 7.42. The third-order valence-electron chi connectivity index (χ3n) is 4.53. The number of hydrogen-bond donors (Lipinski definition) is 1. The van der Waals surface area contributed by atoms with Crippen molar-refractivity contribution in [3.63, 3.8) is 0 Å². The van der Waals surface area contributed by atoms with Crippen molar-refractivity contribution in [2.45, 2.75) is 29.4 Å². The summed E-state index contributed by atoms with van der Waals surface area (Å²) in [5.74, 6) is 0.0708. The van der Waals surface area contributed by atoms with E-state index in [1.54, 1.807) is 28.6 Å². The Morgan fingerprint density at radius 3 is 2.85 bits per heavy atom. The van der Waals surface area contributed by atoms with E-state index in [2.05, 4.69) is 10.2 Å². The molecule has 1 aliphatic heterocycles. The Morgan fingerprint density at radius 2 is 2.27 bits per heavy atom. The number of benzene rings is 1. The van der Waals surface area contributed by atoms with Gasteiger partial charge in [0.25, 0.3) is 11.6 Å². The van der Waals surface area contributed by atoms with E-state index in [0.717, 1.165) is 18.2 Å². The van der Waals surface area contributed by atoms with E-state index < -0.39 is 4.92 Å². The summed E-state index contributed by atoms with van der Waals surface area (Å²) in [7, 11) is 1.76. The number of nitro groups is 1. The molecule has 2 unspecified atom stereocenters. The molecular weight excluding hydrogens is 356 g/mol. The molecule has 1 aliphatic rings. The number of carbonyl (C=O) groups excluding carboxylic acids is 1. The van der Waals surface area contributed by atoms with Crippen molar-refractivity contribution in [3.8, 4) is 0 Å². The summed E-state index contributed by atoms with van der Waals surface area (Å²) in [5, 5.41) is 19.7. The normalized spacial score (nSPS) is 19.7. The van der Waals surface area contributed by atoms with Gasteiger partial charge in [-0.05, 0) is 49.7 Å². The number of carbonyl (C=O) groups is 1. The molecule has 1 aromatic heterocycles.